The zero-order chi connectivity index (χ0) is 13.6. The first-order chi connectivity index (χ1) is 9.11. The van der Waals surface area contributed by atoms with Gasteiger partial charge < -0.3 is 14.6 Å². The number of hydrogen-bond donors (Lipinski definition) is 2. The normalized spacial score (nSPS) is 11.3. The van der Waals surface area contributed by atoms with E-state index in [-0.39, 0.29) is 23.2 Å². The number of aromatic hydroxyl groups is 1. The van der Waals surface area contributed by atoms with Crippen LogP contribution in [-0.4, -0.2) is 10.2 Å². The number of hydrogen-bond acceptors (Lipinski definition) is 4. The number of rotatable bonds is 1. The van der Waals surface area contributed by atoms with Crippen molar-refractivity contribution in [1.29, 1.82) is 0 Å². The van der Waals surface area contributed by atoms with Gasteiger partial charge in [0.25, 0.3) is 0 Å². The maximum atomic E-state index is 12.5. The molecule has 0 bridgehead atoms. The fourth-order valence-corrected chi connectivity index (χ4v) is 2.37. The van der Waals surface area contributed by atoms with Crippen molar-refractivity contribution in [2.45, 2.75) is 13.5 Å². The highest BCUT2D eigenvalue weighted by atomic mass is 16.3. The molecule has 0 aliphatic rings. The zero-order valence-electron chi connectivity index (χ0n) is 10.3. The molecule has 4 heteroatoms. The van der Waals surface area contributed by atoms with Crippen LogP contribution in [0.3, 0.4) is 0 Å². The van der Waals surface area contributed by atoms with Crippen LogP contribution in [0.2, 0.25) is 0 Å². The Balaban J connectivity index is 2.62. The predicted molar refractivity (Wildman–Crippen MR) is 72.3 cm³/mol. The molecular formula is C15H12O4. The van der Waals surface area contributed by atoms with Crippen LogP contribution in [0, 0.1) is 6.92 Å². The summed E-state index contributed by atoms with van der Waals surface area (Å²) in [5.74, 6) is -0.113. The molecule has 0 atom stereocenters. The topological polar surface area (TPSA) is 70.7 Å². The first-order valence-electron chi connectivity index (χ1n) is 5.90. The summed E-state index contributed by atoms with van der Waals surface area (Å²) in [6.45, 7) is 1.62. The fraction of sp³-hybridized carbons (Fsp3) is 0.133. The maximum absolute atomic E-state index is 12.5. The van der Waals surface area contributed by atoms with Gasteiger partial charge in [0.1, 0.15) is 22.3 Å². The minimum atomic E-state index is -0.321. The Morgan fingerprint density at radius 3 is 2.68 bits per heavy atom. The largest absolute Gasteiger partial charge is 0.507 e. The highest BCUT2D eigenvalue weighted by molar-refractivity contribution is 5.94. The molecule has 0 aliphatic heterocycles. The van der Waals surface area contributed by atoms with Crippen molar-refractivity contribution in [2.24, 2.45) is 0 Å². The van der Waals surface area contributed by atoms with Gasteiger partial charge in [-0.05, 0) is 36.2 Å². The van der Waals surface area contributed by atoms with Gasteiger partial charge in [0.2, 0.25) is 5.43 Å². The van der Waals surface area contributed by atoms with Crippen molar-refractivity contribution in [3.05, 3.63) is 51.7 Å². The highest BCUT2D eigenvalue weighted by Gasteiger charge is 2.14. The number of aryl methyl sites for hydroxylation is 1. The van der Waals surface area contributed by atoms with E-state index >= 15 is 0 Å². The number of phenols is 1. The van der Waals surface area contributed by atoms with Gasteiger partial charge in [0.15, 0.2) is 0 Å². The second-order valence-electron chi connectivity index (χ2n) is 4.54. The number of phenolic OH excluding ortho intramolecular Hbond substituents is 1. The molecule has 96 valence electrons. The van der Waals surface area contributed by atoms with Crippen LogP contribution in [-0.2, 0) is 6.61 Å². The number of aliphatic hydroxyl groups excluding tert-OH is 1. The summed E-state index contributed by atoms with van der Waals surface area (Å²) in [5, 5.41) is 19.7. The molecule has 0 unspecified atom stereocenters. The Kier molecular flexibility index (Phi) is 2.54. The molecule has 0 saturated heterocycles. The van der Waals surface area contributed by atoms with Crippen LogP contribution in [0.4, 0.5) is 0 Å². The molecule has 1 aromatic heterocycles. The van der Waals surface area contributed by atoms with E-state index < -0.39 is 0 Å². The number of benzene rings is 2. The third kappa shape index (κ3) is 1.69. The molecule has 0 aliphatic carbocycles. The van der Waals surface area contributed by atoms with Crippen LogP contribution >= 0.6 is 0 Å². The van der Waals surface area contributed by atoms with E-state index in [0.29, 0.717) is 22.1 Å². The van der Waals surface area contributed by atoms with Gasteiger partial charge >= 0.3 is 0 Å². The van der Waals surface area contributed by atoms with E-state index in [9.17, 15) is 15.0 Å². The second-order valence-corrected chi connectivity index (χ2v) is 4.54. The lowest BCUT2D eigenvalue weighted by molar-refractivity contribution is 0.283. The molecule has 2 aromatic carbocycles. The number of aliphatic hydroxyl groups is 1. The molecular weight excluding hydrogens is 244 g/mol. The molecule has 3 aromatic rings. The monoisotopic (exact) mass is 256 g/mol. The zero-order valence-corrected chi connectivity index (χ0v) is 10.3. The van der Waals surface area contributed by atoms with Crippen molar-refractivity contribution in [2.75, 3.05) is 0 Å². The summed E-state index contributed by atoms with van der Waals surface area (Å²) in [5.41, 5.74) is 1.85. The van der Waals surface area contributed by atoms with Crippen LogP contribution in [0.15, 0.2) is 39.5 Å². The summed E-state index contributed by atoms with van der Waals surface area (Å²) < 4.78 is 5.66. The summed E-state index contributed by atoms with van der Waals surface area (Å²) >= 11 is 0. The molecule has 4 nitrogen and oxygen atoms in total. The summed E-state index contributed by atoms with van der Waals surface area (Å²) in [6, 6.07) is 8.19. The van der Waals surface area contributed by atoms with E-state index in [2.05, 4.69) is 0 Å². The number of fused-ring (bicyclic) bond motifs is 2. The lowest BCUT2D eigenvalue weighted by Crippen LogP contribution is -2.06. The van der Waals surface area contributed by atoms with Gasteiger partial charge in [-0.15, -0.1) is 0 Å². The molecule has 0 spiro atoms. The van der Waals surface area contributed by atoms with Crippen molar-refractivity contribution < 1.29 is 14.6 Å². The third-order valence-electron chi connectivity index (χ3n) is 3.18. The minimum absolute atomic E-state index is 0.113. The molecule has 3 rings (SSSR count). The van der Waals surface area contributed by atoms with Gasteiger partial charge in [-0.2, -0.15) is 0 Å². The van der Waals surface area contributed by atoms with Gasteiger partial charge in [-0.3, -0.25) is 4.79 Å². The van der Waals surface area contributed by atoms with E-state index in [4.69, 9.17) is 4.42 Å². The fourth-order valence-electron chi connectivity index (χ4n) is 2.37. The Morgan fingerprint density at radius 2 is 1.95 bits per heavy atom. The van der Waals surface area contributed by atoms with E-state index in [1.165, 1.54) is 6.07 Å². The maximum Gasteiger partial charge on any atom is 0.204 e. The van der Waals surface area contributed by atoms with Crippen LogP contribution in [0.5, 0.6) is 5.75 Å². The third-order valence-corrected chi connectivity index (χ3v) is 3.18. The lowest BCUT2D eigenvalue weighted by Gasteiger charge is -2.07. The van der Waals surface area contributed by atoms with Crippen molar-refractivity contribution in [3.8, 4) is 5.75 Å². The smallest absolute Gasteiger partial charge is 0.204 e. The SMILES string of the molecule is Cc1cc(CO)c2c(=O)c3c(O)cccc3oc2c1. The van der Waals surface area contributed by atoms with Gasteiger partial charge in [0, 0.05) is 0 Å². The lowest BCUT2D eigenvalue weighted by atomic mass is 10.0. The molecule has 0 fully saturated rings. The average Bonchev–Trinajstić information content (AvgIpc) is 2.37. The standard InChI is InChI=1S/C15H12O4/c1-8-5-9(7-16)13-12(6-8)19-11-4-2-3-10(17)14(11)15(13)18/h2-6,16-17H,7H2,1H3. The Morgan fingerprint density at radius 1 is 1.16 bits per heavy atom. The highest BCUT2D eigenvalue weighted by Crippen LogP contribution is 2.27. The van der Waals surface area contributed by atoms with Crippen LogP contribution in [0.1, 0.15) is 11.1 Å². The summed E-state index contributed by atoms with van der Waals surface area (Å²) in [4.78, 5) is 12.5. The summed E-state index contributed by atoms with van der Waals surface area (Å²) in [6.07, 6.45) is 0. The Bertz CT molecular complexity index is 846. The van der Waals surface area contributed by atoms with Gasteiger partial charge in [-0.1, -0.05) is 12.1 Å². The molecule has 2 N–H and O–H groups in total. The van der Waals surface area contributed by atoms with E-state index in [0.717, 1.165) is 5.56 Å². The first-order valence-corrected chi connectivity index (χ1v) is 5.90. The Hall–Kier alpha value is -2.33. The second kappa shape index (κ2) is 4.10. The molecule has 0 radical (unpaired) electrons. The van der Waals surface area contributed by atoms with Crippen LogP contribution < -0.4 is 5.43 Å². The summed E-state index contributed by atoms with van der Waals surface area (Å²) in [7, 11) is 0. The quantitative estimate of drug-likeness (QED) is 0.656. The minimum Gasteiger partial charge on any atom is -0.507 e. The predicted octanol–water partition coefficient (Wildman–Crippen LogP) is 2.45. The Labute approximate surface area is 108 Å². The van der Waals surface area contributed by atoms with Crippen molar-refractivity contribution >= 4 is 21.9 Å². The van der Waals surface area contributed by atoms with Gasteiger partial charge in [0.05, 0.1) is 12.0 Å². The van der Waals surface area contributed by atoms with Crippen molar-refractivity contribution in [3.63, 3.8) is 0 Å². The molecule has 19 heavy (non-hydrogen) atoms. The van der Waals surface area contributed by atoms with Crippen molar-refractivity contribution in [1.82, 2.24) is 0 Å². The molecule has 1 heterocycles. The van der Waals surface area contributed by atoms with Gasteiger partial charge in [-0.25, -0.2) is 0 Å². The average molecular weight is 256 g/mol. The first kappa shape index (κ1) is 11.7. The molecule has 0 amide bonds. The van der Waals surface area contributed by atoms with Crippen LogP contribution in [0.25, 0.3) is 21.9 Å². The van der Waals surface area contributed by atoms with E-state index in [1.54, 1.807) is 24.3 Å². The van der Waals surface area contributed by atoms with E-state index in [1.807, 2.05) is 6.92 Å². The molecule has 0 saturated carbocycles.